The molecular formula is C13H23NO2S. The topological polar surface area (TPSA) is 29.5 Å². The fraction of sp³-hybridized carbons (Fsp3) is 0.769. The Hall–Kier alpha value is -0.640. The third kappa shape index (κ3) is 4.62. The lowest BCUT2D eigenvalue weighted by Crippen LogP contribution is -2.39. The molecule has 1 heterocycles. The van der Waals surface area contributed by atoms with E-state index < -0.39 is 5.60 Å². The van der Waals surface area contributed by atoms with Gasteiger partial charge in [-0.3, -0.25) is 0 Å². The van der Waals surface area contributed by atoms with E-state index in [0.717, 1.165) is 13.0 Å². The molecule has 1 unspecified atom stereocenters. The lowest BCUT2D eigenvalue weighted by Gasteiger charge is -2.30. The molecule has 0 spiro atoms. The van der Waals surface area contributed by atoms with Crippen LogP contribution in [0.25, 0.3) is 0 Å². The van der Waals surface area contributed by atoms with Gasteiger partial charge in [0, 0.05) is 18.3 Å². The molecule has 0 radical (unpaired) electrons. The number of thioether (sulfide) groups is 1. The molecule has 17 heavy (non-hydrogen) atoms. The Morgan fingerprint density at radius 1 is 1.53 bits per heavy atom. The predicted octanol–water partition coefficient (Wildman–Crippen LogP) is 3.31. The fourth-order valence-corrected chi connectivity index (χ4v) is 2.21. The van der Waals surface area contributed by atoms with Gasteiger partial charge >= 0.3 is 6.09 Å². The van der Waals surface area contributed by atoms with E-state index in [9.17, 15) is 4.79 Å². The summed E-state index contributed by atoms with van der Waals surface area (Å²) in [6.07, 6.45) is 5.03. The molecule has 98 valence electrons. The van der Waals surface area contributed by atoms with Crippen LogP contribution in [0.5, 0.6) is 0 Å². The van der Waals surface area contributed by atoms with Crippen LogP contribution in [0, 0.1) is 0 Å². The van der Waals surface area contributed by atoms with Gasteiger partial charge in [0.2, 0.25) is 0 Å². The van der Waals surface area contributed by atoms with Crippen molar-refractivity contribution in [3.8, 4) is 0 Å². The van der Waals surface area contributed by atoms with E-state index in [4.69, 9.17) is 4.74 Å². The van der Waals surface area contributed by atoms with Gasteiger partial charge in [0.15, 0.2) is 0 Å². The quantitative estimate of drug-likeness (QED) is 0.711. The molecule has 0 aromatic heterocycles. The highest BCUT2D eigenvalue weighted by molar-refractivity contribution is 7.99. The maximum atomic E-state index is 11.8. The number of carbonyl (C=O) groups is 1. The average molecular weight is 257 g/mol. The van der Waals surface area contributed by atoms with Gasteiger partial charge in [0.1, 0.15) is 5.60 Å². The molecule has 4 heteroatoms. The molecular weight excluding hydrogens is 234 g/mol. The summed E-state index contributed by atoms with van der Waals surface area (Å²) in [7, 11) is 0. The minimum absolute atomic E-state index is 0.204. The third-order valence-electron chi connectivity index (χ3n) is 2.77. The lowest BCUT2D eigenvalue weighted by atomic mass is 10.1. The van der Waals surface area contributed by atoms with Gasteiger partial charge in [-0.1, -0.05) is 11.6 Å². The molecule has 0 aromatic rings. The largest absolute Gasteiger partial charge is 0.444 e. The van der Waals surface area contributed by atoms with E-state index in [1.54, 1.807) is 4.90 Å². The van der Waals surface area contributed by atoms with Crippen LogP contribution < -0.4 is 0 Å². The fourth-order valence-electron chi connectivity index (χ4n) is 1.70. The van der Waals surface area contributed by atoms with Crippen LogP contribution in [-0.4, -0.2) is 41.2 Å². The average Bonchev–Trinajstić information content (AvgIpc) is 2.26. The van der Waals surface area contributed by atoms with Crippen LogP contribution in [-0.2, 0) is 4.74 Å². The van der Waals surface area contributed by atoms with Crippen molar-refractivity contribution in [3.05, 3.63) is 11.6 Å². The highest BCUT2D eigenvalue weighted by Gasteiger charge is 2.24. The van der Waals surface area contributed by atoms with Gasteiger partial charge in [-0.05, 0) is 40.4 Å². The Labute approximate surface area is 109 Å². The molecule has 1 atom stereocenters. The Morgan fingerprint density at radius 3 is 2.59 bits per heavy atom. The van der Waals surface area contributed by atoms with Crippen molar-refractivity contribution in [1.29, 1.82) is 0 Å². The number of ether oxygens (including phenoxy) is 1. The standard InChI is InChI=1S/C13H23NO2S/c1-10(17-5)11-6-8-14(9-7-11)12(15)16-13(2,3)4/h6,10H,7-9H2,1-5H3. The van der Waals surface area contributed by atoms with Crippen molar-refractivity contribution < 1.29 is 9.53 Å². The minimum Gasteiger partial charge on any atom is -0.444 e. The van der Waals surface area contributed by atoms with Crippen LogP contribution in [0.2, 0.25) is 0 Å². The van der Waals surface area contributed by atoms with E-state index in [-0.39, 0.29) is 6.09 Å². The van der Waals surface area contributed by atoms with Crippen LogP contribution in [0.3, 0.4) is 0 Å². The monoisotopic (exact) mass is 257 g/mol. The summed E-state index contributed by atoms with van der Waals surface area (Å²) in [5, 5.41) is 0.552. The van der Waals surface area contributed by atoms with Gasteiger partial charge in [-0.25, -0.2) is 4.79 Å². The van der Waals surface area contributed by atoms with E-state index in [2.05, 4.69) is 19.3 Å². The lowest BCUT2D eigenvalue weighted by molar-refractivity contribution is 0.0265. The third-order valence-corrected chi connectivity index (χ3v) is 3.78. The summed E-state index contributed by atoms with van der Waals surface area (Å²) in [4.78, 5) is 13.6. The summed E-state index contributed by atoms with van der Waals surface area (Å²) >= 11 is 1.85. The molecule has 1 aliphatic heterocycles. The van der Waals surface area contributed by atoms with Gasteiger partial charge in [-0.15, -0.1) is 0 Å². The number of rotatable bonds is 2. The molecule has 0 aliphatic carbocycles. The normalized spacial score (nSPS) is 18.6. The van der Waals surface area contributed by atoms with Gasteiger partial charge < -0.3 is 9.64 Å². The zero-order chi connectivity index (χ0) is 13.1. The summed E-state index contributed by atoms with van der Waals surface area (Å²) in [5.74, 6) is 0. The molecule has 1 amide bonds. The van der Waals surface area contributed by atoms with Crippen molar-refractivity contribution in [2.45, 2.75) is 45.0 Å². The second-order valence-electron chi connectivity index (χ2n) is 5.33. The summed E-state index contributed by atoms with van der Waals surface area (Å²) in [6.45, 7) is 9.34. The summed E-state index contributed by atoms with van der Waals surface area (Å²) < 4.78 is 5.35. The molecule has 0 saturated carbocycles. The van der Waals surface area contributed by atoms with Gasteiger partial charge in [0.05, 0.1) is 0 Å². The van der Waals surface area contributed by atoms with Crippen molar-refractivity contribution >= 4 is 17.9 Å². The van der Waals surface area contributed by atoms with E-state index >= 15 is 0 Å². The van der Waals surface area contributed by atoms with Crippen molar-refractivity contribution in [2.75, 3.05) is 19.3 Å². The van der Waals surface area contributed by atoms with Crippen LogP contribution in [0.4, 0.5) is 4.79 Å². The second kappa shape index (κ2) is 5.80. The van der Waals surface area contributed by atoms with Crippen molar-refractivity contribution in [1.82, 2.24) is 4.90 Å². The first-order valence-corrected chi connectivity index (χ1v) is 7.32. The molecule has 0 aromatic carbocycles. The Kier molecular flexibility index (Phi) is 4.92. The maximum Gasteiger partial charge on any atom is 0.410 e. The summed E-state index contributed by atoms with van der Waals surface area (Å²) in [6, 6.07) is 0. The van der Waals surface area contributed by atoms with E-state index in [1.807, 2.05) is 32.5 Å². The van der Waals surface area contributed by atoms with Crippen LogP contribution in [0.15, 0.2) is 11.6 Å². The van der Waals surface area contributed by atoms with Crippen molar-refractivity contribution in [2.24, 2.45) is 0 Å². The zero-order valence-corrected chi connectivity index (χ0v) is 12.3. The summed E-state index contributed by atoms with van der Waals surface area (Å²) in [5.41, 5.74) is 1.03. The number of amides is 1. The first kappa shape index (κ1) is 14.4. The number of hydrogen-bond donors (Lipinski definition) is 0. The van der Waals surface area contributed by atoms with Gasteiger partial charge in [-0.2, -0.15) is 11.8 Å². The molecule has 0 bridgehead atoms. The molecule has 0 N–H and O–H groups in total. The Morgan fingerprint density at radius 2 is 2.18 bits per heavy atom. The van der Waals surface area contributed by atoms with Crippen molar-refractivity contribution in [3.63, 3.8) is 0 Å². The van der Waals surface area contributed by atoms with Gasteiger partial charge in [0.25, 0.3) is 0 Å². The molecule has 1 rings (SSSR count). The molecule has 0 saturated heterocycles. The maximum absolute atomic E-state index is 11.8. The highest BCUT2D eigenvalue weighted by atomic mass is 32.2. The smallest absolute Gasteiger partial charge is 0.410 e. The number of nitrogens with zero attached hydrogens (tertiary/aromatic N) is 1. The number of carbonyl (C=O) groups excluding carboxylic acids is 1. The van der Waals surface area contributed by atoms with E-state index in [0.29, 0.717) is 11.8 Å². The SMILES string of the molecule is CSC(C)C1=CCN(C(=O)OC(C)(C)C)CC1. The molecule has 3 nitrogen and oxygen atoms in total. The molecule has 1 aliphatic rings. The zero-order valence-electron chi connectivity index (χ0n) is 11.4. The van der Waals surface area contributed by atoms with Crippen LogP contribution in [0.1, 0.15) is 34.1 Å². The Balaban J connectivity index is 2.51. The second-order valence-corrected chi connectivity index (χ2v) is 6.51. The highest BCUT2D eigenvalue weighted by Crippen LogP contribution is 2.23. The minimum atomic E-state index is -0.409. The Bertz CT molecular complexity index is 307. The predicted molar refractivity (Wildman–Crippen MR) is 73.5 cm³/mol. The number of hydrogen-bond acceptors (Lipinski definition) is 3. The van der Waals surface area contributed by atoms with E-state index in [1.165, 1.54) is 5.57 Å². The van der Waals surface area contributed by atoms with Crippen LogP contribution >= 0.6 is 11.8 Å². The molecule has 0 fully saturated rings. The first-order chi connectivity index (χ1) is 7.83. The first-order valence-electron chi connectivity index (χ1n) is 6.03.